The van der Waals surface area contributed by atoms with Crippen LogP contribution in [0.1, 0.15) is 27.4 Å². The fraction of sp³-hybridized carbons (Fsp3) is 0.385. The molecule has 0 atom stereocenters. The lowest BCUT2D eigenvalue weighted by Crippen LogP contribution is -2.36. The van der Waals surface area contributed by atoms with E-state index in [1.54, 1.807) is 20.8 Å². The van der Waals surface area contributed by atoms with Gasteiger partial charge in [-0.25, -0.2) is 0 Å². The number of amides is 1. The summed E-state index contributed by atoms with van der Waals surface area (Å²) in [6.07, 6.45) is 5.14. The molecule has 0 radical (unpaired) electrons. The molecule has 0 saturated carbocycles. The van der Waals surface area contributed by atoms with Gasteiger partial charge in [0.2, 0.25) is 0 Å². The molecule has 96 valence electrons. The number of carbonyl (C=O) groups excluding carboxylic acids is 1. The van der Waals surface area contributed by atoms with Crippen LogP contribution in [0.15, 0.2) is 4.42 Å². The van der Waals surface area contributed by atoms with Gasteiger partial charge in [-0.2, -0.15) is 0 Å². The Morgan fingerprint density at radius 1 is 1.33 bits per heavy atom. The van der Waals surface area contributed by atoms with Gasteiger partial charge in [-0.05, 0) is 20.8 Å². The van der Waals surface area contributed by atoms with Crippen molar-refractivity contribution in [3.63, 3.8) is 0 Å². The first-order valence-corrected chi connectivity index (χ1v) is 5.39. The van der Waals surface area contributed by atoms with Crippen LogP contribution in [-0.4, -0.2) is 35.0 Å². The first kappa shape index (κ1) is 13.8. The van der Waals surface area contributed by atoms with Gasteiger partial charge >= 0.3 is 5.97 Å². The smallest absolute Gasteiger partial charge is 0.323 e. The second kappa shape index (κ2) is 5.41. The van der Waals surface area contributed by atoms with Crippen LogP contribution in [0.5, 0.6) is 0 Å². The number of carboxylic acids is 1. The van der Waals surface area contributed by atoms with E-state index in [2.05, 4.69) is 5.92 Å². The number of furan rings is 1. The lowest BCUT2D eigenvalue weighted by molar-refractivity contribution is -0.137. The van der Waals surface area contributed by atoms with Gasteiger partial charge in [0.1, 0.15) is 18.1 Å². The van der Waals surface area contributed by atoms with Gasteiger partial charge in [0.25, 0.3) is 5.91 Å². The molecule has 0 spiro atoms. The molecule has 0 bridgehead atoms. The SMILES string of the molecule is C#CCN(CC(=O)O)C(=O)c1c(C)oc(C)c1C. The number of nitrogens with zero attached hydrogens (tertiary/aromatic N) is 1. The Morgan fingerprint density at radius 3 is 2.33 bits per heavy atom. The lowest BCUT2D eigenvalue weighted by atomic mass is 10.1. The van der Waals surface area contributed by atoms with Crippen molar-refractivity contribution in [2.24, 2.45) is 0 Å². The largest absolute Gasteiger partial charge is 0.480 e. The average Bonchev–Trinajstić information content (AvgIpc) is 2.51. The number of carboxylic acid groups (broad SMARTS) is 1. The summed E-state index contributed by atoms with van der Waals surface area (Å²) in [6, 6.07) is 0. The van der Waals surface area contributed by atoms with Gasteiger partial charge in [0.05, 0.1) is 12.1 Å². The third kappa shape index (κ3) is 2.72. The molecular weight excluding hydrogens is 234 g/mol. The minimum absolute atomic E-state index is 0.0474. The Morgan fingerprint density at radius 2 is 1.94 bits per heavy atom. The van der Waals surface area contributed by atoms with Crippen LogP contribution < -0.4 is 0 Å². The first-order valence-electron chi connectivity index (χ1n) is 5.39. The summed E-state index contributed by atoms with van der Waals surface area (Å²) < 4.78 is 5.35. The van der Waals surface area contributed by atoms with Crippen LogP contribution in [0, 0.1) is 33.1 Å². The van der Waals surface area contributed by atoms with E-state index in [1.807, 2.05) is 0 Å². The topological polar surface area (TPSA) is 70.8 Å². The molecule has 0 unspecified atom stereocenters. The van der Waals surface area contributed by atoms with E-state index in [4.69, 9.17) is 15.9 Å². The molecule has 5 heteroatoms. The molecule has 0 fully saturated rings. The maximum Gasteiger partial charge on any atom is 0.323 e. The zero-order chi connectivity index (χ0) is 13.9. The molecule has 1 aromatic rings. The number of hydrogen-bond acceptors (Lipinski definition) is 3. The van der Waals surface area contributed by atoms with Crippen molar-refractivity contribution in [3.05, 3.63) is 22.6 Å². The Balaban J connectivity index is 3.10. The molecule has 0 aliphatic carbocycles. The van der Waals surface area contributed by atoms with Gasteiger partial charge in [0.15, 0.2) is 0 Å². The summed E-state index contributed by atoms with van der Waals surface area (Å²) in [5.74, 6) is 1.88. The van der Waals surface area contributed by atoms with E-state index in [0.717, 1.165) is 4.90 Å². The van der Waals surface area contributed by atoms with E-state index < -0.39 is 18.4 Å². The number of aryl methyl sites for hydroxylation is 2. The molecule has 0 aromatic carbocycles. The van der Waals surface area contributed by atoms with E-state index in [0.29, 0.717) is 22.6 Å². The highest BCUT2D eigenvalue weighted by Crippen LogP contribution is 2.22. The zero-order valence-electron chi connectivity index (χ0n) is 10.6. The number of hydrogen-bond donors (Lipinski definition) is 1. The highest BCUT2D eigenvalue weighted by molar-refractivity contribution is 5.98. The van der Waals surface area contributed by atoms with Gasteiger partial charge in [0, 0.05) is 5.56 Å². The van der Waals surface area contributed by atoms with Crippen molar-refractivity contribution in [2.45, 2.75) is 20.8 Å². The van der Waals surface area contributed by atoms with Gasteiger partial charge in [-0.3, -0.25) is 9.59 Å². The fourth-order valence-electron chi connectivity index (χ4n) is 1.74. The minimum atomic E-state index is -1.10. The quantitative estimate of drug-likeness (QED) is 0.818. The molecule has 0 aliphatic rings. The number of carbonyl (C=O) groups is 2. The Hall–Kier alpha value is -2.22. The van der Waals surface area contributed by atoms with Crippen LogP contribution >= 0.6 is 0 Å². The summed E-state index contributed by atoms with van der Waals surface area (Å²) in [5.41, 5.74) is 1.11. The first-order chi connectivity index (χ1) is 8.38. The number of rotatable bonds is 4. The van der Waals surface area contributed by atoms with Crippen LogP contribution in [0.4, 0.5) is 0 Å². The minimum Gasteiger partial charge on any atom is -0.480 e. The third-order valence-corrected chi connectivity index (χ3v) is 2.67. The van der Waals surface area contributed by atoms with E-state index in [-0.39, 0.29) is 6.54 Å². The highest BCUT2D eigenvalue weighted by atomic mass is 16.4. The Bertz CT molecular complexity index is 522. The van der Waals surface area contributed by atoms with Crippen LogP contribution in [-0.2, 0) is 4.79 Å². The molecule has 5 nitrogen and oxygen atoms in total. The summed E-state index contributed by atoms with van der Waals surface area (Å²) in [7, 11) is 0. The lowest BCUT2D eigenvalue weighted by Gasteiger charge is -2.17. The predicted octanol–water partition coefficient (Wildman–Crippen LogP) is 1.36. The monoisotopic (exact) mass is 249 g/mol. The van der Waals surface area contributed by atoms with E-state index in [9.17, 15) is 9.59 Å². The van der Waals surface area contributed by atoms with E-state index in [1.165, 1.54) is 0 Å². The molecular formula is C13H15NO4. The average molecular weight is 249 g/mol. The fourth-order valence-corrected chi connectivity index (χ4v) is 1.74. The van der Waals surface area contributed by atoms with Crippen LogP contribution in [0.3, 0.4) is 0 Å². The van der Waals surface area contributed by atoms with Crippen molar-refractivity contribution < 1.29 is 19.1 Å². The summed E-state index contributed by atoms with van der Waals surface area (Å²) in [6.45, 7) is 4.71. The van der Waals surface area contributed by atoms with Gasteiger partial charge in [-0.15, -0.1) is 6.42 Å². The summed E-state index contributed by atoms with van der Waals surface area (Å²) in [5, 5.41) is 8.76. The van der Waals surface area contributed by atoms with Crippen molar-refractivity contribution in [1.29, 1.82) is 0 Å². The molecule has 1 N–H and O–H groups in total. The summed E-state index contributed by atoms with van der Waals surface area (Å²) >= 11 is 0. The molecule has 18 heavy (non-hydrogen) atoms. The van der Waals surface area contributed by atoms with Crippen molar-refractivity contribution in [1.82, 2.24) is 4.90 Å². The van der Waals surface area contributed by atoms with Gasteiger partial charge in [-0.1, -0.05) is 5.92 Å². The van der Waals surface area contributed by atoms with Gasteiger partial charge < -0.3 is 14.4 Å². The number of aliphatic carboxylic acids is 1. The number of terminal acetylenes is 1. The molecule has 1 heterocycles. The second-order valence-electron chi connectivity index (χ2n) is 3.97. The summed E-state index contributed by atoms with van der Waals surface area (Å²) in [4.78, 5) is 24.0. The maximum atomic E-state index is 12.2. The van der Waals surface area contributed by atoms with Crippen molar-refractivity contribution in [2.75, 3.05) is 13.1 Å². The predicted molar refractivity (Wildman–Crippen MR) is 65.3 cm³/mol. The van der Waals surface area contributed by atoms with E-state index >= 15 is 0 Å². The molecule has 1 amide bonds. The molecule has 0 saturated heterocycles. The van der Waals surface area contributed by atoms with Crippen LogP contribution in [0.2, 0.25) is 0 Å². The van der Waals surface area contributed by atoms with Crippen molar-refractivity contribution in [3.8, 4) is 12.3 Å². The highest BCUT2D eigenvalue weighted by Gasteiger charge is 2.24. The molecule has 0 aliphatic heterocycles. The molecule has 1 aromatic heterocycles. The zero-order valence-corrected chi connectivity index (χ0v) is 10.6. The molecule has 1 rings (SSSR count). The second-order valence-corrected chi connectivity index (χ2v) is 3.97. The normalized spacial score (nSPS) is 9.89. The van der Waals surface area contributed by atoms with Crippen molar-refractivity contribution >= 4 is 11.9 Å². The Labute approximate surface area is 105 Å². The third-order valence-electron chi connectivity index (χ3n) is 2.67. The Kier molecular flexibility index (Phi) is 4.16. The van der Waals surface area contributed by atoms with Crippen LogP contribution in [0.25, 0.3) is 0 Å². The standard InChI is InChI=1S/C13H15NO4/c1-5-6-14(7-11(15)16)13(17)12-8(2)9(3)18-10(12)4/h1H,6-7H2,2-4H3,(H,15,16). The maximum absolute atomic E-state index is 12.2.